The van der Waals surface area contributed by atoms with E-state index in [0.717, 1.165) is 21.5 Å². The summed E-state index contributed by atoms with van der Waals surface area (Å²) in [7, 11) is 0. The van der Waals surface area contributed by atoms with E-state index in [1.807, 2.05) is 72.8 Å². The number of rotatable bonds is 10. The molecule has 0 saturated heterocycles. The standard InChI is InChI=1S/C21H18O4.C14H13ClO2/c1-15(22)20-18-10-6-5-7-16(18)11-12-19(20)24-13-14-25-21(23)17-8-3-2-4-9-17;1-10(16)14-12-5-3-2-4-11(12)6-7-13(14)17-9-8-15/h2-12H,13-14H2,1H3;2-7H,8-9H2,1H3. The zero-order chi connectivity index (χ0) is 29.9. The van der Waals surface area contributed by atoms with Gasteiger partial charge < -0.3 is 14.2 Å². The number of esters is 1. The fourth-order valence-corrected chi connectivity index (χ4v) is 4.64. The minimum Gasteiger partial charge on any atom is -0.492 e. The predicted octanol–water partition coefficient (Wildman–Crippen LogP) is 7.94. The molecule has 42 heavy (non-hydrogen) atoms. The number of ketones is 2. The number of Topliss-reactive ketones (excluding diaryl/α,β-unsaturated/α-hetero) is 2. The Morgan fingerprint density at radius 2 is 1.05 bits per heavy atom. The fourth-order valence-electron chi connectivity index (χ4n) is 4.56. The summed E-state index contributed by atoms with van der Waals surface area (Å²) in [5.74, 6) is 1.07. The lowest BCUT2D eigenvalue weighted by Gasteiger charge is -2.12. The summed E-state index contributed by atoms with van der Waals surface area (Å²) in [5, 5.41) is 3.80. The van der Waals surface area contributed by atoms with Crippen LogP contribution in [0, 0.1) is 0 Å². The molecule has 0 amide bonds. The van der Waals surface area contributed by atoms with E-state index >= 15 is 0 Å². The van der Waals surface area contributed by atoms with Gasteiger partial charge in [-0.3, -0.25) is 9.59 Å². The molecule has 0 aliphatic carbocycles. The minimum absolute atomic E-state index is 0.00590. The van der Waals surface area contributed by atoms with Gasteiger partial charge >= 0.3 is 5.97 Å². The highest BCUT2D eigenvalue weighted by Crippen LogP contribution is 2.29. The monoisotopic (exact) mass is 582 g/mol. The van der Waals surface area contributed by atoms with E-state index in [9.17, 15) is 14.4 Å². The Hall–Kier alpha value is -4.68. The van der Waals surface area contributed by atoms with Gasteiger partial charge in [0, 0.05) is 0 Å². The van der Waals surface area contributed by atoms with Crippen LogP contribution in [0.15, 0.2) is 103 Å². The van der Waals surface area contributed by atoms with Crippen LogP contribution in [0.5, 0.6) is 11.5 Å². The number of hydrogen-bond donors (Lipinski definition) is 0. The van der Waals surface area contributed by atoms with Gasteiger partial charge in [-0.1, -0.05) is 78.9 Å². The van der Waals surface area contributed by atoms with Gasteiger partial charge in [-0.25, -0.2) is 4.79 Å². The lowest BCUT2D eigenvalue weighted by Crippen LogP contribution is -2.13. The molecule has 0 aromatic heterocycles. The van der Waals surface area contributed by atoms with E-state index in [4.69, 9.17) is 25.8 Å². The highest BCUT2D eigenvalue weighted by atomic mass is 35.5. The second-order valence-corrected chi connectivity index (χ2v) is 9.70. The maximum Gasteiger partial charge on any atom is 0.338 e. The highest BCUT2D eigenvalue weighted by Gasteiger charge is 2.14. The number of fused-ring (bicyclic) bond motifs is 2. The Morgan fingerprint density at radius 3 is 1.55 bits per heavy atom. The van der Waals surface area contributed by atoms with Crippen LogP contribution in [0.4, 0.5) is 0 Å². The van der Waals surface area contributed by atoms with Gasteiger partial charge in [0.2, 0.25) is 0 Å². The molecular formula is C35H31ClO6. The van der Waals surface area contributed by atoms with Crippen LogP contribution >= 0.6 is 11.6 Å². The normalized spacial score (nSPS) is 10.5. The van der Waals surface area contributed by atoms with Crippen molar-refractivity contribution in [2.75, 3.05) is 25.7 Å². The average Bonchev–Trinajstić information content (AvgIpc) is 3.01. The van der Waals surface area contributed by atoms with E-state index in [-0.39, 0.29) is 24.8 Å². The van der Waals surface area contributed by atoms with Crippen molar-refractivity contribution in [3.63, 3.8) is 0 Å². The molecule has 0 spiro atoms. The third-order valence-corrected chi connectivity index (χ3v) is 6.56. The smallest absolute Gasteiger partial charge is 0.338 e. The van der Waals surface area contributed by atoms with Gasteiger partial charge in [-0.15, -0.1) is 11.6 Å². The summed E-state index contributed by atoms with van der Waals surface area (Å²) in [5.41, 5.74) is 1.68. The zero-order valence-corrected chi connectivity index (χ0v) is 24.2. The van der Waals surface area contributed by atoms with Crippen LogP contribution in [-0.2, 0) is 4.74 Å². The molecule has 0 heterocycles. The quantitative estimate of drug-likeness (QED) is 0.0720. The molecular weight excluding hydrogens is 552 g/mol. The van der Waals surface area contributed by atoms with Crippen molar-refractivity contribution < 1.29 is 28.6 Å². The molecule has 0 N–H and O–H groups in total. The Balaban J connectivity index is 0.000000208. The van der Waals surface area contributed by atoms with Crippen LogP contribution in [0.25, 0.3) is 21.5 Å². The SMILES string of the molecule is CC(=O)c1c(OCCCl)ccc2ccccc12.CC(=O)c1c(OCCOC(=O)c2ccccc2)ccc2ccccc12. The van der Waals surface area contributed by atoms with E-state index < -0.39 is 5.97 Å². The summed E-state index contributed by atoms with van der Waals surface area (Å²) >= 11 is 5.59. The summed E-state index contributed by atoms with van der Waals surface area (Å²) < 4.78 is 16.4. The maximum absolute atomic E-state index is 12.0. The number of ether oxygens (including phenoxy) is 3. The van der Waals surface area contributed by atoms with Crippen LogP contribution < -0.4 is 9.47 Å². The molecule has 0 unspecified atom stereocenters. The summed E-state index contributed by atoms with van der Waals surface area (Å²) in [6, 6.07) is 31.7. The van der Waals surface area contributed by atoms with Crippen molar-refractivity contribution in [3.8, 4) is 11.5 Å². The Kier molecular flexibility index (Phi) is 10.7. The molecule has 0 aliphatic heterocycles. The van der Waals surface area contributed by atoms with Crippen LogP contribution in [0.2, 0.25) is 0 Å². The summed E-state index contributed by atoms with van der Waals surface area (Å²) in [6.45, 7) is 3.76. The number of carbonyl (C=O) groups excluding carboxylic acids is 3. The van der Waals surface area contributed by atoms with E-state index in [1.54, 1.807) is 37.3 Å². The molecule has 0 saturated carbocycles. The van der Waals surface area contributed by atoms with Crippen molar-refractivity contribution in [2.45, 2.75) is 13.8 Å². The molecule has 5 aromatic carbocycles. The number of alkyl halides is 1. The third kappa shape index (κ3) is 7.53. The van der Waals surface area contributed by atoms with Gasteiger partial charge in [-0.05, 0) is 59.7 Å². The second-order valence-electron chi connectivity index (χ2n) is 9.32. The molecule has 0 atom stereocenters. The molecule has 214 valence electrons. The van der Waals surface area contributed by atoms with Crippen LogP contribution in [0.1, 0.15) is 44.9 Å². The predicted molar refractivity (Wildman–Crippen MR) is 166 cm³/mol. The van der Waals surface area contributed by atoms with Crippen LogP contribution in [-0.4, -0.2) is 43.2 Å². The summed E-state index contributed by atoms with van der Waals surface area (Å²) in [6.07, 6.45) is 0. The minimum atomic E-state index is -0.394. The molecule has 7 heteroatoms. The van der Waals surface area contributed by atoms with Crippen molar-refractivity contribution in [2.24, 2.45) is 0 Å². The van der Waals surface area contributed by atoms with Crippen LogP contribution in [0.3, 0.4) is 0 Å². The number of halogens is 1. The van der Waals surface area contributed by atoms with Gasteiger partial charge in [0.1, 0.15) is 31.3 Å². The van der Waals surface area contributed by atoms with E-state index in [0.29, 0.717) is 40.7 Å². The van der Waals surface area contributed by atoms with Crippen molar-refractivity contribution in [3.05, 3.63) is 120 Å². The number of carbonyl (C=O) groups is 3. The fraction of sp³-hybridized carbons (Fsp3) is 0.171. The van der Waals surface area contributed by atoms with Gasteiger partial charge in [-0.2, -0.15) is 0 Å². The first kappa shape index (κ1) is 30.3. The Morgan fingerprint density at radius 1 is 0.571 bits per heavy atom. The molecule has 0 bridgehead atoms. The molecule has 5 rings (SSSR count). The van der Waals surface area contributed by atoms with Crippen molar-refractivity contribution in [1.29, 1.82) is 0 Å². The number of hydrogen-bond acceptors (Lipinski definition) is 6. The summed E-state index contributed by atoms with van der Waals surface area (Å²) in [4.78, 5) is 35.6. The van der Waals surface area contributed by atoms with Gasteiger partial charge in [0.05, 0.1) is 22.6 Å². The Labute approximate surface area is 249 Å². The first-order chi connectivity index (χ1) is 20.4. The second kappa shape index (κ2) is 14.8. The largest absolute Gasteiger partial charge is 0.492 e. The van der Waals surface area contributed by atoms with Crippen molar-refractivity contribution >= 4 is 50.7 Å². The average molecular weight is 583 g/mol. The lowest BCUT2D eigenvalue weighted by atomic mass is 10.0. The van der Waals surface area contributed by atoms with E-state index in [1.165, 1.54) is 6.92 Å². The van der Waals surface area contributed by atoms with Gasteiger partial charge in [0.25, 0.3) is 0 Å². The topological polar surface area (TPSA) is 78.9 Å². The lowest BCUT2D eigenvalue weighted by molar-refractivity contribution is 0.0449. The van der Waals surface area contributed by atoms with E-state index in [2.05, 4.69) is 0 Å². The zero-order valence-electron chi connectivity index (χ0n) is 23.5. The highest BCUT2D eigenvalue weighted by molar-refractivity contribution is 6.18. The molecule has 5 aromatic rings. The molecule has 0 fully saturated rings. The van der Waals surface area contributed by atoms with Crippen molar-refractivity contribution in [1.82, 2.24) is 0 Å². The van der Waals surface area contributed by atoms with Gasteiger partial charge in [0.15, 0.2) is 11.6 Å². The number of benzene rings is 5. The molecule has 0 aliphatic rings. The Bertz CT molecular complexity index is 1700. The maximum atomic E-state index is 12.0. The molecule has 6 nitrogen and oxygen atoms in total. The first-order valence-corrected chi connectivity index (χ1v) is 14.0. The first-order valence-electron chi connectivity index (χ1n) is 13.5. The molecule has 0 radical (unpaired) electrons. The third-order valence-electron chi connectivity index (χ3n) is 6.40.